The number of halogens is 1. The molecule has 0 aliphatic rings. The van der Waals surface area contributed by atoms with Crippen molar-refractivity contribution in [3.8, 4) is 11.1 Å². The fraction of sp³-hybridized carbons (Fsp3) is 0.394. The molecule has 3 aromatic rings. The van der Waals surface area contributed by atoms with Crippen LogP contribution in [0.2, 0.25) is 0 Å². The van der Waals surface area contributed by atoms with Gasteiger partial charge in [0.1, 0.15) is 5.82 Å². The minimum absolute atomic E-state index is 0.0877. The van der Waals surface area contributed by atoms with Crippen molar-refractivity contribution in [2.24, 2.45) is 0 Å². The summed E-state index contributed by atoms with van der Waals surface area (Å²) < 4.78 is 14.1. The van der Waals surface area contributed by atoms with Gasteiger partial charge < -0.3 is 5.11 Å². The van der Waals surface area contributed by atoms with Gasteiger partial charge in [0.15, 0.2) is 0 Å². The average Bonchev–Trinajstić information content (AvgIpc) is 2.89. The first-order valence-electron chi connectivity index (χ1n) is 13.2. The third-order valence-corrected chi connectivity index (χ3v) is 7.96. The zero-order chi connectivity index (χ0) is 25.6. The molecule has 0 amide bonds. The summed E-state index contributed by atoms with van der Waals surface area (Å²) >= 11 is 0. The summed E-state index contributed by atoms with van der Waals surface area (Å²) in [5.41, 5.74) is 7.10. The molecule has 0 radical (unpaired) electrons. The molecule has 0 heterocycles. The van der Waals surface area contributed by atoms with Gasteiger partial charge in [-0.25, -0.2) is 4.39 Å². The quantitative estimate of drug-likeness (QED) is 0.312. The minimum atomic E-state index is -0.747. The number of benzene rings is 3. The van der Waals surface area contributed by atoms with Crippen LogP contribution in [0.5, 0.6) is 0 Å². The van der Waals surface area contributed by atoms with Crippen LogP contribution in [-0.4, -0.2) is 10.7 Å². The zero-order valence-corrected chi connectivity index (χ0v) is 22.3. The molecule has 3 aromatic carbocycles. The van der Waals surface area contributed by atoms with Crippen LogP contribution in [0.1, 0.15) is 88.1 Å². The average molecular weight is 473 g/mol. The maximum absolute atomic E-state index is 14.1. The largest absolute Gasteiger partial charge is 0.386 e. The molecule has 1 N–H and O–H groups in total. The van der Waals surface area contributed by atoms with Crippen LogP contribution in [0.25, 0.3) is 17.2 Å². The Morgan fingerprint density at radius 2 is 1.37 bits per heavy atom. The van der Waals surface area contributed by atoms with E-state index in [1.807, 2.05) is 19.9 Å². The molecule has 0 unspecified atom stereocenters. The molecule has 3 rings (SSSR count). The van der Waals surface area contributed by atoms with E-state index in [9.17, 15) is 9.50 Å². The summed E-state index contributed by atoms with van der Waals surface area (Å²) in [6.07, 6.45) is 8.21. The zero-order valence-electron chi connectivity index (χ0n) is 22.3. The Morgan fingerprint density at radius 1 is 0.743 bits per heavy atom. The van der Waals surface area contributed by atoms with Crippen LogP contribution >= 0.6 is 0 Å². The highest BCUT2D eigenvalue weighted by molar-refractivity contribution is 5.65. The van der Waals surface area contributed by atoms with Crippen molar-refractivity contribution < 1.29 is 9.50 Å². The van der Waals surface area contributed by atoms with Gasteiger partial charge >= 0.3 is 0 Å². The topological polar surface area (TPSA) is 20.2 Å². The first-order valence-corrected chi connectivity index (χ1v) is 13.2. The molecule has 0 fully saturated rings. The summed E-state index contributed by atoms with van der Waals surface area (Å²) in [6.45, 7) is 12.7. The second kappa shape index (κ2) is 11.4. The molecule has 0 aliphatic heterocycles. The summed E-state index contributed by atoms with van der Waals surface area (Å²) in [5.74, 6) is -0.180. The summed E-state index contributed by atoms with van der Waals surface area (Å²) in [6, 6.07) is 20.7. The molecule has 0 saturated carbocycles. The smallest absolute Gasteiger partial charge is 0.124 e. The van der Waals surface area contributed by atoms with Gasteiger partial charge in [-0.1, -0.05) is 95.3 Å². The Labute approximate surface area is 211 Å². The first-order chi connectivity index (χ1) is 16.7. The lowest BCUT2D eigenvalue weighted by atomic mass is 9.70. The fourth-order valence-electron chi connectivity index (χ4n) is 5.13. The van der Waals surface area contributed by atoms with E-state index < -0.39 is 5.60 Å². The van der Waals surface area contributed by atoms with Crippen LogP contribution in [0.15, 0.2) is 66.7 Å². The van der Waals surface area contributed by atoms with Crippen molar-refractivity contribution in [1.82, 2.24) is 0 Å². The third kappa shape index (κ3) is 5.76. The predicted molar refractivity (Wildman–Crippen MR) is 148 cm³/mol. The van der Waals surface area contributed by atoms with E-state index >= 15 is 0 Å². The molecule has 186 valence electrons. The van der Waals surface area contributed by atoms with E-state index in [4.69, 9.17) is 0 Å². The van der Waals surface area contributed by atoms with E-state index in [-0.39, 0.29) is 11.2 Å². The highest BCUT2D eigenvalue weighted by atomic mass is 19.1. The molecule has 0 saturated heterocycles. The van der Waals surface area contributed by atoms with Gasteiger partial charge in [-0.2, -0.15) is 0 Å². The molecular weight excluding hydrogens is 431 g/mol. The van der Waals surface area contributed by atoms with Crippen LogP contribution < -0.4 is 0 Å². The Morgan fingerprint density at radius 3 is 1.91 bits per heavy atom. The normalized spacial score (nSPS) is 12.5. The van der Waals surface area contributed by atoms with Gasteiger partial charge in [-0.15, -0.1) is 0 Å². The fourth-order valence-corrected chi connectivity index (χ4v) is 5.13. The van der Waals surface area contributed by atoms with E-state index in [1.54, 1.807) is 12.1 Å². The standard InChI is InChI=1S/C33H41FO/c1-7-25-21-28(23-31(34)22-25)27-13-15-29(16-14-27)33(10-4,11-5)30-17-12-26(24(6)20-30)18-19-32(35,8-2)9-3/h12-23,35H,7-11H2,1-6H3/b19-18+. The first kappa shape index (κ1) is 26.9. The summed E-state index contributed by atoms with van der Waals surface area (Å²) in [5, 5.41) is 10.6. The lowest BCUT2D eigenvalue weighted by Gasteiger charge is -2.34. The van der Waals surface area contributed by atoms with Crippen LogP contribution in [0.3, 0.4) is 0 Å². The maximum Gasteiger partial charge on any atom is 0.124 e. The van der Waals surface area contributed by atoms with Gasteiger partial charge in [0.2, 0.25) is 0 Å². The van der Waals surface area contributed by atoms with Crippen molar-refractivity contribution >= 4 is 6.08 Å². The van der Waals surface area contributed by atoms with E-state index in [2.05, 4.69) is 82.3 Å². The lowest BCUT2D eigenvalue weighted by molar-refractivity contribution is 0.0836. The van der Waals surface area contributed by atoms with Crippen molar-refractivity contribution in [3.05, 3.63) is 100 Å². The Balaban J connectivity index is 1.97. The summed E-state index contributed by atoms with van der Waals surface area (Å²) in [4.78, 5) is 0. The predicted octanol–water partition coefficient (Wildman–Crippen LogP) is 9.03. The molecule has 2 heteroatoms. The van der Waals surface area contributed by atoms with Crippen molar-refractivity contribution in [3.63, 3.8) is 0 Å². The second-order valence-corrected chi connectivity index (χ2v) is 9.78. The van der Waals surface area contributed by atoms with Gasteiger partial charge in [-0.05, 0) is 90.1 Å². The van der Waals surface area contributed by atoms with Crippen molar-refractivity contribution in [2.45, 2.75) is 84.7 Å². The molecule has 0 bridgehead atoms. The molecule has 0 atom stereocenters. The summed E-state index contributed by atoms with van der Waals surface area (Å²) in [7, 11) is 0. The molecule has 0 spiro atoms. The lowest BCUT2D eigenvalue weighted by Crippen LogP contribution is -2.26. The Kier molecular flexibility index (Phi) is 8.72. The number of aliphatic hydroxyl groups is 1. The molecule has 0 aromatic heterocycles. The Bertz CT molecular complexity index is 1150. The number of aryl methyl sites for hydroxylation is 2. The van der Waals surface area contributed by atoms with Crippen molar-refractivity contribution in [1.29, 1.82) is 0 Å². The van der Waals surface area contributed by atoms with Crippen LogP contribution in [-0.2, 0) is 11.8 Å². The number of hydrogen-bond donors (Lipinski definition) is 1. The van der Waals surface area contributed by atoms with Crippen molar-refractivity contribution in [2.75, 3.05) is 0 Å². The van der Waals surface area contributed by atoms with Crippen LogP contribution in [0, 0.1) is 12.7 Å². The molecule has 1 nitrogen and oxygen atoms in total. The van der Waals surface area contributed by atoms with E-state index in [0.29, 0.717) is 12.8 Å². The highest BCUT2D eigenvalue weighted by Crippen LogP contribution is 2.40. The highest BCUT2D eigenvalue weighted by Gasteiger charge is 2.31. The minimum Gasteiger partial charge on any atom is -0.386 e. The SMILES string of the molecule is CCc1cc(F)cc(-c2ccc(C(CC)(CC)c3ccc(/C=C/C(O)(CC)CC)c(C)c3)cc2)c1. The second-order valence-electron chi connectivity index (χ2n) is 9.78. The van der Waals surface area contributed by atoms with Gasteiger partial charge in [0.05, 0.1) is 5.60 Å². The molecule has 35 heavy (non-hydrogen) atoms. The maximum atomic E-state index is 14.1. The van der Waals surface area contributed by atoms with E-state index in [1.165, 1.54) is 16.7 Å². The number of hydrogen-bond acceptors (Lipinski definition) is 1. The molecular formula is C33H41FO. The van der Waals surface area contributed by atoms with Gasteiger partial charge in [0, 0.05) is 5.41 Å². The van der Waals surface area contributed by atoms with Crippen LogP contribution in [0.4, 0.5) is 4.39 Å². The van der Waals surface area contributed by atoms with Gasteiger partial charge in [-0.3, -0.25) is 0 Å². The third-order valence-electron chi connectivity index (χ3n) is 7.96. The molecule has 0 aliphatic carbocycles. The number of rotatable bonds is 10. The van der Waals surface area contributed by atoms with Gasteiger partial charge in [0.25, 0.3) is 0 Å². The van der Waals surface area contributed by atoms with E-state index in [0.717, 1.165) is 41.5 Å². The Hall–Kier alpha value is -2.71. The monoisotopic (exact) mass is 472 g/mol.